The fourth-order valence-corrected chi connectivity index (χ4v) is 2.89. The molecule has 0 fully saturated rings. The van der Waals surface area contributed by atoms with E-state index in [4.69, 9.17) is 11.5 Å². The molecule has 4 heteroatoms. The van der Waals surface area contributed by atoms with E-state index in [9.17, 15) is 4.55 Å². The zero-order valence-electron chi connectivity index (χ0n) is 10.4. The van der Waals surface area contributed by atoms with Crippen molar-refractivity contribution >= 4 is 22.6 Å². The van der Waals surface area contributed by atoms with Crippen LogP contribution >= 0.6 is 0 Å². The molecule has 2 aromatic carbocycles. The molecule has 0 radical (unpaired) electrons. The van der Waals surface area contributed by atoms with Gasteiger partial charge in [-0.3, -0.25) is 0 Å². The van der Waals surface area contributed by atoms with Crippen LogP contribution in [0.4, 0.5) is 11.4 Å². The van der Waals surface area contributed by atoms with Crippen LogP contribution in [0.1, 0.15) is 11.1 Å². The van der Waals surface area contributed by atoms with Gasteiger partial charge >= 0.3 is 0 Å². The van der Waals surface area contributed by atoms with Crippen LogP contribution < -0.4 is 11.5 Å². The SMILES string of the molecule is Cc1cc([S+]([O-])c2ccc(N)c(C)c2)ccc1N. The Morgan fingerprint density at radius 2 is 1.22 bits per heavy atom. The minimum Gasteiger partial charge on any atom is -0.606 e. The molecule has 0 saturated heterocycles. The Balaban J connectivity index is 2.37. The standard InChI is InChI=1S/C14H16N2OS/c1-9-7-11(3-5-13(9)15)18(17)12-4-6-14(16)10(2)8-12/h3-8H,15-16H2,1-2H3. The van der Waals surface area contributed by atoms with E-state index in [0.29, 0.717) is 11.4 Å². The predicted octanol–water partition coefficient (Wildman–Crippen LogP) is 2.63. The van der Waals surface area contributed by atoms with Crippen molar-refractivity contribution in [2.45, 2.75) is 23.6 Å². The second-order valence-electron chi connectivity index (χ2n) is 4.31. The fourth-order valence-electron chi connectivity index (χ4n) is 1.66. The summed E-state index contributed by atoms with van der Waals surface area (Å²) in [6.45, 7) is 3.81. The molecular weight excluding hydrogens is 244 g/mol. The van der Waals surface area contributed by atoms with Crippen LogP contribution in [0.2, 0.25) is 0 Å². The van der Waals surface area contributed by atoms with Gasteiger partial charge in [-0.2, -0.15) is 0 Å². The summed E-state index contributed by atoms with van der Waals surface area (Å²) in [5, 5.41) is 0. The third kappa shape index (κ3) is 2.44. The molecule has 0 saturated carbocycles. The van der Waals surface area contributed by atoms with Gasteiger partial charge in [-0.15, -0.1) is 0 Å². The monoisotopic (exact) mass is 260 g/mol. The second-order valence-corrected chi connectivity index (χ2v) is 5.79. The molecule has 0 amide bonds. The predicted molar refractivity (Wildman–Crippen MR) is 75.9 cm³/mol. The number of aryl methyl sites for hydroxylation is 2. The van der Waals surface area contributed by atoms with Gasteiger partial charge in [-0.05, 0) is 61.4 Å². The number of nitrogen functional groups attached to an aromatic ring is 2. The molecule has 0 bridgehead atoms. The molecule has 0 spiro atoms. The van der Waals surface area contributed by atoms with Crippen LogP contribution in [-0.4, -0.2) is 4.55 Å². The molecule has 3 nitrogen and oxygen atoms in total. The molecule has 18 heavy (non-hydrogen) atoms. The molecule has 0 atom stereocenters. The molecule has 0 aliphatic rings. The molecule has 2 rings (SSSR count). The highest BCUT2D eigenvalue weighted by Crippen LogP contribution is 2.25. The van der Waals surface area contributed by atoms with Gasteiger partial charge in [0, 0.05) is 22.6 Å². The number of nitrogens with two attached hydrogens (primary N) is 2. The minimum absolute atomic E-state index is 0.712. The molecule has 0 aliphatic carbocycles. The van der Waals surface area contributed by atoms with E-state index in [0.717, 1.165) is 20.9 Å². The van der Waals surface area contributed by atoms with Gasteiger partial charge in [0.2, 0.25) is 0 Å². The van der Waals surface area contributed by atoms with Crippen LogP contribution in [0.15, 0.2) is 46.2 Å². The highest BCUT2D eigenvalue weighted by Gasteiger charge is 2.16. The van der Waals surface area contributed by atoms with Crippen LogP contribution in [0, 0.1) is 13.8 Å². The third-order valence-corrected chi connectivity index (χ3v) is 4.27. The minimum atomic E-state index is -1.20. The summed E-state index contributed by atoms with van der Waals surface area (Å²) in [6.07, 6.45) is 0. The Hall–Kier alpha value is -1.65. The summed E-state index contributed by atoms with van der Waals surface area (Å²) in [6, 6.07) is 10.9. The average Bonchev–Trinajstić information content (AvgIpc) is 2.35. The first-order valence-corrected chi connectivity index (χ1v) is 6.78. The van der Waals surface area contributed by atoms with Crippen LogP contribution in [0.3, 0.4) is 0 Å². The topological polar surface area (TPSA) is 75.1 Å². The largest absolute Gasteiger partial charge is 0.606 e. The van der Waals surface area contributed by atoms with Gasteiger partial charge in [0.1, 0.15) is 0 Å². The summed E-state index contributed by atoms with van der Waals surface area (Å²) in [5.74, 6) is 0. The Morgan fingerprint density at radius 3 is 1.56 bits per heavy atom. The van der Waals surface area contributed by atoms with Gasteiger partial charge in [-0.1, -0.05) is 0 Å². The van der Waals surface area contributed by atoms with Gasteiger partial charge in [-0.25, -0.2) is 0 Å². The maximum absolute atomic E-state index is 12.4. The van der Waals surface area contributed by atoms with Crippen molar-refractivity contribution in [3.63, 3.8) is 0 Å². The first kappa shape index (κ1) is 12.8. The number of benzene rings is 2. The van der Waals surface area contributed by atoms with E-state index in [-0.39, 0.29) is 0 Å². The molecule has 0 aliphatic heterocycles. The molecule has 4 N–H and O–H groups in total. The number of rotatable bonds is 2. The molecule has 2 aromatic rings. The Labute approximate surface area is 110 Å². The summed E-state index contributed by atoms with van der Waals surface area (Å²) in [5.41, 5.74) is 14.8. The molecule has 0 heterocycles. The van der Waals surface area contributed by atoms with E-state index in [1.807, 2.05) is 26.0 Å². The van der Waals surface area contributed by atoms with E-state index in [2.05, 4.69) is 0 Å². The van der Waals surface area contributed by atoms with E-state index >= 15 is 0 Å². The Kier molecular flexibility index (Phi) is 3.50. The van der Waals surface area contributed by atoms with Gasteiger partial charge in [0.05, 0.1) is 0 Å². The lowest BCUT2D eigenvalue weighted by molar-refractivity contribution is 0.595. The van der Waals surface area contributed by atoms with Crippen molar-refractivity contribution in [1.29, 1.82) is 0 Å². The van der Waals surface area contributed by atoms with Crippen molar-refractivity contribution in [2.75, 3.05) is 11.5 Å². The normalized spacial score (nSPS) is 10.9. The van der Waals surface area contributed by atoms with Crippen molar-refractivity contribution in [2.24, 2.45) is 0 Å². The van der Waals surface area contributed by atoms with Crippen LogP contribution in [0.5, 0.6) is 0 Å². The summed E-state index contributed by atoms with van der Waals surface area (Å²) in [7, 11) is 0. The van der Waals surface area contributed by atoms with E-state index < -0.39 is 11.2 Å². The number of hydrogen-bond donors (Lipinski definition) is 2. The smallest absolute Gasteiger partial charge is 0.158 e. The maximum Gasteiger partial charge on any atom is 0.158 e. The highest BCUT2D eigenvalue weighted by atomic mass is 32.2. The van der Waals surface area contributed by atoms with Crippen LogP contribution in [-0.2, 0) is 11.2 Å². The van der Waals surface area contributed by atoms with E-state index in [1.165, 1.54) is 0 Å². The Morgan fingerprint density at radius 1 is 0.833 bits per heavy atom. The van der Waals surface area contributed by atoms with E-state index in [1.54, 1.807) is 24.3 Å². The lowest BCUT2D eigenvalue weighted by atomic mass is 10.2. The maximum atomic E-state index is 12.4. The average molecular weight is 260 g/mol. The molecule has 94 valence electrons. The summed E-state index contributed by atoms with van der Waals surface area (Å²) >= 11 is -1.20. The quantitative estimate of drug-likeness (QED) is 0.644. The lowest BCUT2D eigenvalue weighted by Crippen LogP contribution is -2.04. The Bertz CT molecular complexity index is 533. The molecule has 0 aromatic heterocycles. The zero-order valence-corrected chi connectivity index (χ0v) is 11.3. The number of hydrogen-bond acceptors (Lipinski definition) is 3. The second kappa shape index (κ2) is 4.92. The van der Waals surface area contributed by atoms with Crippen molar-refractivity contribution in [3.05, 3.63) is 47.5 Å². The van der Waals surface area contributed by atoms with Crippen molar-refractivity contribution < 1.29 is 4.55 Å². The zero-order chi connectivity index (χ0) is 13.3. The lowest BCUT2D eigenvalue weighted by Gasteiger charge is -2.12. The molecule has 0 unspecified atom stereocenters. The van der Waals surface area contributed by atoms with Crippen molar-refractivity contribution in [1.82, 2.24) is 0 Å². The highest BCUT2D eigenvalue weighted by molar-refractivity contribution is 7.91. The number of anilines is 2. The first-order valence-electron chi connectivity index (χ1n) is 5.63. The van der Waals surface area contributed by atoms with Gasteiger partial charge in [0.15, 0.2) is 9.79 Å². The third-order valence-electron chi connectivity index (χ3n) is 2.91. The van der Waals surface area contributed by atoms with Gasteiger partial charge < -0.3 is 16.0 Å². The summed E-state index contributed by atoms with van der Waals surface area (Å²) < 4.78 is 12.4. The van der Waals surface area contributed by atoms with Crippen LogP contribution in [0.25, 0.3) is 0 Å². The van der Waals surface area contributed by atoms with Gasteiger partial charge in [0.25, 0.3) is 0 Å². The van der Waals surface area contributed by atoms with Crippen molar-refractivity contribution in [3.8, 4) is 0 Å². The fraction of sp³-hybridized carbons (Fsp3) is 0.143. The molecular formula is C14H16N2OS. The first-order chi connectivity index (χ1) is 8.49. The summed E-state index contributed by atoms with van der Waals surface area (Å²) in [4.78, 5) is 1.51.